The van der Waals surface area contributed by atoms with Crippen molar-refractivity contribution in [2.45, 2.75) is 26.1 Å². The molecule has 0 fully saturated rings. The van der Waals surface area contributed by atoms with Crippen molar-refractivity contribution >= 4 is 29.2 Å². The first kappa shape index (κ1) is 24.4. The number of benzene rings is 3. The molecular formula is C25H21ClF3N3O3. The Morgan fingerprint density at radius 1 is 1.06 bits per heavy atom. The second-order valence-corrected chi connectivity index (χ2v) is 8.61. The number of nitrogens with zero attached hydrogens (tertiary/aromatic N) is 2. The molecule has 6 nitrogen and oxygen atoms in total. The molecule has 3 aromatic rings. The highest BCUT2D eigenvalue weighted by molar-refractivity contribution is 6.31. The van der Waals surface area contributed by atoms with Gasteiger partial charge < -0.3 is 15.3 Å². The third-order valence-electron chi connectivity index (χ3n) is 6.08. The Morgan fingerprint density at radius 3 is 2.40 bits per heavy atom. The van der Waals surface area contributed by atoms with Crippen LogP contribution in [0.2, 0.25) is 5.02 Å². The van der Waals surface area contributed by atoms with E-state index in [1.807, 2.05) is 6.92 Å². The number of carbonyl (C=O) groups excluding carboxylic acids is 2. The highest BCUT2D eigenvalue weighted by atomic mass is 35.5. The Kier molecular flexibility index (Phi) is 6.62. The van der Waals surface area contributed by atoms with Gasteiger partial charge in [-0.05, 0) is 36.8 Å². The van der Waals surface area contributed by atoms with Crippen molar-refractivity contribution in [3.63, 3.8) is 0 Å². The number of carbonyl (C=O) groups is 2. The minimum Gasteiger partial charge on any atom is -0.508 e. The van der Waals surface area contributed by atoms with Crippen LogP contribution in [-0.2, 0) is 13.1 Å². The third-order valence-corrected chi connectivity index (χ3v) is 6.43. The van der Waals surface area contributed by atoms with Gasteiger partial charge in [0.2, 0.25) is 0 Å². The summed E-state index contributed by atoms with van der Waals surface area (Å²) in [5.74, 6) is -3.77. The minimum absolute atomic E-state index is 0.129. The molecule has 0 bridgehead atoms. The van der Waals surface area contributed by atoms with Crippen LogP contribution < -0.4 is 10.2 Å². The van der Waals surface area contributed by atoms with E-state index >= 15 is 0 Å². The van der Waals surface area contributed by atoms with Gasteiger partial charge in [0.1, 0.15) is 23.2 Å². The lowest BCUT2D eigenvalue weighted by atomic mass is 9.98. The molecule has 0 aliphatic carbocycles. The van der Waals surface area contributed by atoms with E-state index in [9.17, 15) is 27.9 Å². The maximum absolute atomic E-state index is 14.5. The van der Waals surface area contributed by atoms with Crippen LogP contribution in [0.4, 0.5) is 23.7 Å². The molecule has 182 valence electrons. The summed E-state index contributed by atoms with van der Waals surface area (Å²) in [6.45, 7) is 1.20. The maximum Gasteiger partial charge on any atom is 0.325 e. The summed E-state index contributed by atoms with van der Waals surface area (Å²) in [4.78, 5) is 28.7. The van der Waals surface area contributed by atoms with Gasteiger partial charge in [-0.15, -0.1) is 0 Å². The highest BCUT2D eigenvalue weighted by Gasteiger charge is 2.34. The zero-order chi connectivity index (χ0) is 25.4. The van der Waals surface area contributed by atoms with Crippen LogP contribution in [0.25, 0.3) is 0 Å². The molecular weight excluding hydrogens is 483 g/mol. The van der Waals surface area contributed by atoms with Gasteiger partial charge in [-0.3, -0.25) is 9.69 Å². The molecule has 0 spiro atoms. The second-order valence-electron chi connectivity index (χ2n) is 8.20. The number of fused-ring (bicyclic) bond motifs is 1. The van der Waals surface area contributed by atoms with Crippen LogP contribution in [0.1, 0.15) is 40.0 Å². The lowest BCUT2D eigenvalue weighted by Gasteiger charge is -2.39. The number of hydrogen-bond donors (Lipinski definition) is 2. The molecule has 3 aromatic carbocycles. The Labute approximate surface area is 204 Å². The van der Waals surface area contributed by atoms with Crippen molar-refractivity contribution in [1.29, 1.82) is 0 Å². The fourth-order valence-electron chi connectivity index (χ4n) is 3.96. The van der Waals surface area contributed by atoms with Crippen molar-refractivity contribution in [2.24, 2.45) is 0 Å². The van der Waals surface area contributed by atoms with E-state index in [1.54, 1.807) is 13.1 Å². The standard InChI is InChI=1S/C25H21ClF3N3O3/c1-13-16-7-6-14(24(34)30-11-17-21(28)9-15(33)10-22(17)29)8-23(16)32(25(35)31(13)2)12-18-19(26)4-3-5-20(18)27/h3-10,13,33H,11-12H2,1-2H3,(H,30,34). The molecule has 1 atom stereocenters. The van der Waals surface area contributed by atoms with Crippen LogP contribution in [0, 0.1) is 17.5 Å². The highest BCUT2D eigenvalue weighted by Crippen LogP contribution is 2.38. The van der Waals surface area contributed by atoms with Gasteiger partial charge in [0.05, 0.1) is 18.3 Å². The van der Waals surface area contributed by atoms with E-state index in [0.29, 0.717) is 5.69 Å². The van der Waals surface area contributed by atoms with Crippen molar-refractivity contribution in [3.8, 4) is 5.75 Å². The molecule has 0 saturated carbocycles. The molecule has 4 rings (SSSR count). The number of urea groups is 1. The average Bonchev–Trinajstić information content (AvgIpc) is 2.80. The lowest BCUT2D eigenvalue weighted by molar-refractivity contribution is 0.0950. The van der Waals surface area contributed by atoms with E-state index in [1.165, 1.54) is 40.1 Å². The Balaban J connectivity index is 1.65. The number of hydrogen-bond acceptors (Lipinski definition) is 3. The maximum atomic E-state index is 14.5. The normalized spacial score (nSPS) is 15.3. The van der Waals surface area contributed by atoms with Crippen LogP contribution >= 0.6 is 11.6 Å². The Hall–Kier alpha value is -3.72. The first-order valence-electron chi connectivity index (χ1n) is 10.6. The summed E-state index contributed by atoms with van der Waals surface area (Å²) in [7, 11) is 1.62. The van der Waals surface area contributed by atoms with E-state index in [2.05, 4.69) is 5.32 Å². The molecule has 1 heterocycles. The van der Waals surface area contributed by atoms with Crippen molar-refractivity contribution < 1.29 is 27.9 Å². The smallest absolute Gasteiger partial charge is 0.325 e. The Morgan fingerprint density at radius 2 is 1.74 bits per heavy atom. The fourth-order valence-corrected chi connectivity index (χ4v) is 4.19. The van der Waals surface area contributed by atoms with Gasteiger partial charge in [-0.25, -0.2) is 18.0 Å². The lowest BCUT2D eigenvalue weighted by Crippen LogP contribution is -2.46. The van der Waals surface area contributed by atoms with E-state index in [4.69, 9.17) is 11.6 Å². The zero-order valence-corrected chi connectivity index (χ0v) is 19.5. The molecule has 0 radical (unpaired) electrons. The van der Waals surface area contributed by atoms with Crippen LogP contribution in [0.5, 0.6) is 5.75 Å². The van der Waals surface area contributed by atoms with Gasteiger partial charge in [0, 0.05) is 47.4 Å². The largest absolute Gasteiger partial charge is 0.508 e. The van der Waals surface area contributed by atoms with Gasteiger partial charge in [-0.2, -0.15) is 0 Å². The summed E-state index contributed by atoms with van der Waals surface area (Å²) in [5, 5.41) is 11.9. The molecule has 1 aliphatic heterocycles. The number of anilines is 1. The molecule has 35 heavy (non-hydrogen) atoms. The average molecular weight is 504 g/mol. The van der Waals surface area contributed by atoms with E-state index < -0.39 is 47.2 Å². The van der Waals surface area contributed by atoms with Crippen LogP contribution in [0.15, 0.2) is 48.5 Å². The number of rotatable bonds is 5. The fraction of sp³-hybridized carbons (Fsp3) is 0.200. The number of halogens is 4. The third kappa shape index (κ3) is 4.64. The molecule has 3 amide bonds. The molecule has 1 unspecified atom stereocenters. The molecule has 10 heteroatoms. The SMILES string of the molecule is CC1c2ccc(C(=O)NCc3c(F)cc(O)cc3F)cc2N(Cc2c(F)cccc2Cl)C(=O)N1C. The summed E-state index contributed by atoms with van der Waals surface area (Å²) in [6.07, 6.45) is 0. The van der Waals surface area contributed by atoms with Gasteiger partial charge in [0.15, 0.2) is 0 Å². The topological polar surface area (TPSA) is 72.9 Å². The van der Waals surface area contributed by atoms with E-state index in [-0.39, 0.29) is 28.7 Å². The number of nitrogens with one attached hydrogen (secondary N) is 1. The molecule has 2 N–H and O–H groups in total. The van der Waals surface area contributed by atoms with Gasteiger partial charge >= 0.3 is 6.03 Å². The number of amides is 3. The van der Waals surface area contributed by atoms with Crippen LogP contribution in [0.3, 0.4) is 0 Å². The second kappa shape index (κ2) is 9.50. The summed E-state index contributed by atoms with van der Waals surface area (Å²) >= 11 is 6.17. The Bertz CT molecular complexity index is 1290. The minimum atomic E-state index is -0.997. The first-order chi connectivity index (χ1) is 16.6. The number of phenols is 1. The summed E-state index contributed by atoms with van der Waals surface area (Å²) in [6, 6.07) is 9.69. The first-order valence-corrected chi connectivity index (χ1v) is 11.0. The summed E-state index contributed by atoms with van der Waals surface area (Å²) < 4.78 is 42.5. The number of phenolic OH excluding ortho intramolecular Hbond substituents is 1. The molecule has 0 saturated heterocycles. The monoisotopic (exact) mass is 503 g/mol. The predicted octanol–water partition coefficient (Wildman–Crippen LogP) is 5.53. The molecule has 1 aliphatic rings. The van der Waals surface area contributed by atoms with E-state index in [0.717, 1.165) is 17.7 Å². The van der Waals surface area contributed by atoms with Gasteiger partial charge in [0.25, 0.3) is 5.91 Å². The predicted molar refractivity (Wildman–Crippen MR) is 125 cm³/mol. The zero-order valence-electron chi connectivity index (χ0n) is 18.8. The number of aromatic hydroxyl groups is 1. The molecule has 0 aromatic heterocycles. The summed E-state index contributed by atoms with van der Waals surface area (Å²) in [5.41, 5.74) is 0.985. The van der Waals surface area contributed by atoms with Gasteiger partial charge in [-0.1, -0.05) is 23.7 Å². The van der Waals surface area contributed by atoms with Crippen molar-refractivity contribution in [3.05, 3.63) is 93.3 Å². The van der Waals surface area contributed by atoms with Crippen molar-refractivity contribution in [2.75, 3.05) is 11.9 Å². The van der Waals surface area contributed by atoms with Crippen molar-refractivity contribution in [1.82, 2.24) is 10.2 Å². The quantitative estimate of drug-likeness (QED) is 0.481. The van der Waals surface area contributed by atoms with Crippen LogP contribution in [-0.4, -0.2) is 29.0 Å².